The summed E-state index contributed by atoms with van der Waals surface area (Å²) in [5.41, 5.74) is -6.05. The Kier molecular flexibility index (Phi) is 3.99. The Morgan fingerprint density at radius 2 is 1.09 bits per heavy atom. The highest BCUT2D eigenvalue weighted by Crippen LogP contribution is 2.36. The van der Waals surface area contributed by atoms with Crippen molar-refractivity contribution in [1.82, 2.24) is 4.98 Å². The van der Waals surface area contributed by atoms with Crippen molar-refractivity contribution in [3.8, 4) is 11.1 Å². The molecule has 2 aromatic rings. The van der Waals surface area contributed by atoms with E-state index in [1.54, 1.807) is 0 Å². The van der Waals surface area contributed by atoms with E-state index in [1.807, 2.05) is 0 Å². The molecule has 0 unspecified atom stereocenters. The standard InChI is InChI=1S/C12HF10N/c13-2-1-3(12(20,21)22)23-11(19)4(2)5-6(14)8(16)10(18)9(17)7(5)15/h1H. The average molecular weight is 349 g/mol. The second kappa shape index (κ2) is 5.39. The molecule has 0 radical (unpaired) electrons. The van der Waals surface area contributed by atoms with Crippen LogP contribution >= 0.6 is 0 Å². The van der Waals surface area contributed by atoms with E-state index in [0.717, 1.165) is 0 Å². The summed E-state index contributed by atoms with van der Waals surface area (Å²) >= 11 is 0. The second-order valence-electron chi connectivity index (χ2n) is 4.10. The summed E-state index contributed by atoms with van der Waals surface area (Å²) < 4.78 is 130. The largest absolute Gasteiger partial charge is 0.433 e. The van der Waals surface area contributed by atoms with Crippen LogP contribution in [0.2, 0.25) is 0 Å². The Morgan fingerprint density at radius 1 is 0.652 bits per heavy atom. The molecular formula is C12HF10N. The first-order chi connectivity index (χ1) is 10.5. The normalized spacial score (nSPS) is 11.9. The van der Waals surface area contributed by atoms with Crippen LogP contribution in [0.3, 0.4) is 0 Å². The van der Waals surface area contributed by atoms with Crippen LogP contribution in [-0.4, -0.2) is 4.98 Å². The lowest BCUT2D eigenvalue weighted by Crippen LogP contribution is -2.13. The lowest BCUT2D eigenvalue weighted by Gasteiger charge is -2.12. The highest BCUT2D eigenvalue weighted by atomic mass is 19.4. The fourth-order valence-electron chi connectivity index (χ4n) is 1.68. The molecule has 11 heteroatoms. The van der Waals surface area contributed by atoms with Crippen LogP contribution in [0.25, 0.3) is 11.1 Å². The fraction of sp³-hybridized carbons (Fsp3) is 0.0833. The summed E-state index contributed by atoms with van der Waals surface area (Å²) in [5.74, 6) is -17.4. The van der Waals surface area contributed by atoms with E-state index < -0.39 is 69.9 Å². The van der Waals surface area contributed by atoms with Gasteiger partial charge in [0.2, 0.25) is 11.8 Å². The van der Waals surface area contributed by atoms with Crippen molar-refractivity contribution in [2.24, 2.45) is 0 Å². The first-order valence-electron chi connectivity index (χ1n) is 5.41. The molecule has 124 valence electrons. The molecule has 0 atom stereocenters. The zero-order valence-electron chi connectivity index (χ0n) is 10.3. The molecule has 1 aromatic carbocycles. The van der Waals surface area contributed by atoms with Crippen molar-refractivity contribution < 1.29 is 43.9 Å². The van der Waals surface area contributed by atoms with Gasteiger partial charge in [0.05, 0.1) is 11.1 Å². The summed E-state index contributed by atoms with van der Waals surface area (Å²) in [6.07, 6.45) is -5.30. The van der Waals surface area contributed by atoms with Gasteiger partial charge in [-0.15, -0.1) is 0 Å². The molecule has 0 aliphatic carbocycles. The Labute approximate surface area is 120 Å². The van der Waals surface area contributed by atoms with Gasteiger partial charge in [-0.05, 0) is 0 Å². The Balaban J connectivity index is 2.84. The monoisotopic (exact) mass is 349 g/mol. The third-order valence-electron chi connectivity index (χ3n) is 2.68. The molecule has 0 saturated carbocycles. The van der Waals surface area contributed by atoms with Crippen LogP contribution < -0.4 is 0 Å². The van der Waals surface area contributed by atoms with E-state index in [2.05, 4.69) is 4.98 Å². The molecule has 0 fully saturated rings. The smallest absolute Gasteiger partial charge is 0.214 e. The molecule has 1 heterocycles. The van der Waals surface area contributed by atoms with Crippen molar-refractivity contribution in [1.29, 1.82) is 0 Å². The van der Waals surface area contributed by atoms with E-state index in [0.29, 0.717) is 0 Å². The van der Waals surface area contributed by atoms with Gasteiger partial charge in [-0.3, -0.25) is 0 Å². The molecule has 0 aliphatic rings. The van der Waals surface area contributed by atoms with Gasteiger partial charge >= 0.3 is 6.18 Å². The SMILES string of the molecule is Fc1cc(C(F)(F)F)nc(F)c1-c1c(F)c(F)c(F)c(F)c1F. The maximum Gasteiger partial charge on any atom is 0.433 e. The van der Waals surface area contributed by atoms with Crippen LogP contribution in [0.15, 0.2) is 6.07 Å². The van der Waals surface area contributed by atoms with Crippen LogP contribution in [0.5, 0.6) is 0 Å². The van der Waals surface area contributed by atoms with E-state index >= 15 is 0 Å². The summed E-state index contributed by atoms with van der Waals surface area (Å²) in [4.78, 5) is 2.24. The zero-order valence-corrected chi connectivity index (χ0v) is 10.3. The number of pyridine rings is 1. The van der Waals surface area contributed by atoms with E-state index in [4.69, 9.17) is 0 Å². The maximum atomic E-state index is 13.6. The lowest BCUT2D eigenvalue weighted by atomic mass is 10.0. The summed E-state index contributed by atoms with van der Waals surface area (Å²) in [6, 6.07) is -0.434. The molecule has 1 aromatic heterocycles. The topological polar surface area (TPSA) is 12.9 Å². The average Bonchev–Trinajstić information content (AvgIpc) is 2.44. The van der Waals surface area contributed by atoms with Crippen molar-refractivity contribution in [2.75, 3.05) is 0 Å². The van der Waals surface area contributed by atoms with Crippen LogP contribution in [0, 0.1) is 40.9 Å². The molecule has 0 spiro atoms. The summed E-state index contributed by atoms with van der Waals surface area (Å²) in [7, 11) is 0. The number of hydrogen-bond acceptors (Lipinski definition) is 1. The van der Waals surface area contributed by atoms with E-state index in [9.17, 15) is 43.9 Å². The molecule has 0 amide bonds. The molecular weight excluding hydrogens is 348 g/mol. The molecule has 2 rings (SSSR count). The third kappa shape index (κ3) is 2.70. The van der Waals surface area contributed by atoms with Gasteiger partial charge in [0.25, 0.3) is 0 Å². The van der Waals surface area contributed by atoms with Crippen LogP contribution in [-0.2, 0) is 6.18 Å². The van der Waals surface area contributed by atoms with E-state index in [1.165, 1.54) is 0 Å². The minimum absolute atomic E-state index is 0.434. The number of rotatable bonds is 1. The minimum Gasteiger partial charge on any atom is -0.214 e. The molecule has 0 bridgehead atoms. The molecule has 23 heavy (non-hydrogen) atoms. The first kappa shape index (κ1) is 17.0. The van der Waals surface area contributed by atoms with Gasteiger partial charge in [-0.1, -0.05) is 0 Å². The highest BCUT2D eigenvalue weighted by Gasteiger charge is 2.36. The molecule has 0 N–H and O–H groups in total. The lowest BCUT2D eigenvalue weighted by molar-refractivity contribution is -0.141. The molecule has 1 nitrogen and oxygen atoms in total. The van der Waals surface area contributed by atoms with Gasteiger partial charge in [-0.25, -0.2) is 31.3 Å². The molecule has 0 aliphatic heterocycles. The fourth-order valence-corrected chi connectivity index (χ4v) is 1.68. The Hall–Kier alpha value is -2.33. The van der Waals surface area contributed by atoms with Crippen LogP contribution in [0.1, 0.15) is 5.69 Å². The summed E-state index contributed by atoms with van der Waals surface area (Å²) in [6.45, 7) is 0. The van der Waals surface area contributed by atoms with Gasteiger partial charge in [-0.2, -0.15) is 17.6 Å². The van der Waals surface area contributed by atoms with Crippen molar-refractivity contribution in [3.63, 3.8) is 0 Å². The number of alkyl halides is 3. The minimum atomic E-state index is -5.30. The Morgan fingerprint density at radius 3 is 1.48 bits per heavy atom. The quantitative estimate of drug-likeness (QED) is 0.314. The van der Waals surface area contributed by atoms with Crippen molar-refractivity contribution in [3.05, 3.63) is 52.6 Å². The predicted molar refractivity (Wildman–Crippen MR) is 54.4 cm³/mol. The zero-order chi connectivity index (χ0) is 17.7. The highest BCUT2D eigenvalue weighted by molar-refractivity contribution is 5.66. The van der Waals surface area contributed by atoms with Gasteiger partial charge < -0.3 is 0 Å². The number of benzene rings is 1. The van der Waals surface area contributed by atoms with Crippen LogP contribution in [0.4, 0.5) is 43.9 Å². The van der Waals surface area contributed by atoms with E-state index in [-0.39, 0.29) is 0 Å². The van der Waals surface area contributed by atoms with Gasteiger partial charge in [0, 0.05) is 6.07 Å². The van der Waals surface area contributed by atoms with Gasteiger partial charge in [0.15, 0.2) is 29.0 Å². The number of nitrogens with zero attached hydrogens (tertiary/aromatic N) is 1. The molecule has 0 saturated heterocycles. The third-order valence-corrected chi connectivity index (χ3v) is 2.68. The second-order valence-corrected chi connectivity index (χ2v) is 4.10. The van der Waals surface area contributed by atoms with Crippen molar-refractivity contribution in [2.45, 2.75) is 6.18 Å². The number of aromatic nitrogens is 1. The number of hydrogen-bond donors (Lipinski definition) is 0. The summed E-state index contributed by atoms with van der Waals surface area (Å²) in [5, 5.41) is 0. The predicted octanol–water partition coefficient (Wildman–Crippen LogP) is 4.74. The van der Waals surface area contributed by atoms with Crippen molar-refractivity contribution >= 4 is 0 Å². The Bertz CT molecular complexity index is 743. The van der Waals surface area contributed by atoms with Gasteiger partial charge in [0.1, 0.15) is 5.82 Å². The first-order valence-corrected chi connectivity index (χ1v) is 5.41. The maximum absolute atomic E-state index is 13.6. The number of halogens is 10.